The summed E-state index contributed by atoms with van der Waals surface area (Å²) in [7, 11) is 0. The van der Waals surface area contributed by atoms with Crippen molar-refractivity contribution in [1.29, 1.82) is 5.26 Å². The van der Waals surface area contributed by atoms with E-state index in [1.54, 1.807) is 0 Å². The van der Waals surface area contributed by atoms with Crippen LogP contribution in [0.5, 0.6) is 0 Å². The first-order valence-electron chi connectivity index (χ1n) is 4.27. The predicted molar refractivity (Wildman–Crippen MR) is 54.4 cm³/mol. The Bertz CT molecular complexity index is 322. The van der Waals surface area contributed by atoms with Crippen molar-refractivity contribution in [3.8, 4) is 6.07 Å². The van der Waals surface area contributed by atoms with Gasteiger partial charge in [0.1, 0.15) is 6.33 Å². The van der Waals surface area contributed by atoms with Gasteiger partial charge in [0, 0.05) is 12.2 Å². The SMILES string of the molecule is N#CCCCCSc1ncnc(N)n1. The molecule has 0 atom stereocenters. The van der Waals surface area contributed by atoms with Crippen molar-refractivity contribution >= 4 is 17.7 Å². The molecule has 0 aliphatic heterocycles. The van der Waals surface area contributed by atoms with Gasteiger partial charge in [0.05, 0.1) is 6.07 Å². The molecule has 0 amide bonds. The summed E-state index contributed by atoms with van der Waals surface area (Å²) in [6.45, 7) is 0. The molecular formula is C8H11N5S. The number of nitrogens with zero attached hydrogens (tertiary/aromatic N) is 4. The van der Waals surface area contributed by atoms with Gasteiger partial charge in [-0.25, -0.2) is 9.97 Å². The molecule has 5 nitrogen and oxygen atoms in total. The van der Waals surface area contributed by atoms with Gasteiger partial charge in [0.15, 0.2) is 5.16 Å². The van der Waals surface area contributed by atoms with Gasteiger partial charge in [-0.05, 0) is 12.8 Å². The highest BCUT2D eigenvalue weighted by atomic mass is 32.2. The number of anilines is 1. The number of hydrogen-bond acceptors (Lipinski definition) is 6. The zero-order valence-electron chi connectivity index (χ0n) is 7.68. The molecular weight excluding hydrogens is 198 g/mol. The average molecular weight is 209 g/mol. The Kier molecular flexibility index (Phi) is 4.72. The zero-order valence-corrected chi connectivity index (χ0v) is 8.50. The van der Waals surface area contributed by atoms with E-state index in [9.17, 15) is 0 Å². The Hall–Kier alpha value is -1.35. The molecule has 0 unspecified atom stereocenters. The number of thioether (sulfide) groups is 1. The van der Waals surface area contributed by atoms with E-state index >= 15 is 0 Å². The van der Waals surface area contributed by atoms with E-state index in [1.807, 2.05) is 0 Å². The molecule has 1 rings (SSSR count). The maximum atomic E-state index is 8.31. The lowest BCUT2D eigenvalue weighted by Crippen LogP contribution is -1.97. The van der Waals surface area contributed by atoms with Crippen LogP contribution in [0.2, 0.25) is 0 Å². The Morgan fingerprint density at radius 1 is 1.43 bits per heavy atom. The number of unbranched alkanes of at least 4 members (excludes halogenated alkanes) is 2. The molecule has 0 saturated carbocycles. The summed E-state index contributed by atoms with van der Waals surface area (Å²) < 4.78 is 0. The second kappa shape index (κ2) is 6.16. The van der Waals surface area contributed by atoms with E-state index in [2.05, 4.69) is 21.0 Å². The molecule has 74 valence electrons. The van der Waals surface area contributed by atoms with Crippen LogP contribution in [0.3, 0.4) is 0 Å². The number of nitrogen functional groups attached to an aromatic ring is 1. The van der Waals surface area contributed by atoms with Gasteiger partial charge in [-0.15, -0.1) is 0 Å². The second-order valence-electron chi connectivity index (χ2n) is 2.59. The molecule has 0 aliphatic rings. The molecule has 6 heteroatoms. The van der Waals surface area contributed by atoms with Gasteiger partial charge in [-0.3, -0.25) is 0 Å². The smallest absolute Gasteiger partial charge is 0.223 e. The van der Waals surface area contributed by atoms with Crippen molar-refractivity contribution in [2.24, 2.45) is 0 Å². The van der Waals surface area contributed by atoms with Crippen molar-refractivity contribution in [2.75, 3.05) is 11.5 Å². The summed E-state index contributed by atoms with van der Waals surface area (Å²) in [5.74, 6) is 1.16. The van der Waals surface area contributed by atoms with Crippen LogP contribution in [0.4, 0.5) is 5.95 Å². The van der Waals surface area contributed by atoms with Gasteiger partial charge >= 0.3 is 0 Å². The van der Waals surface area contributed by atoms with Gasteiger partial charge in [0.2, 0.25) is 5.95 Å². The highest BCUT2D eigenvalue weighted by Crippen LogP contribution is 2.14. The third-order valence-corrected chi connectivity index (χ3v) is 2.43. The average Bonchev–Trinajstić information content (AvgIpc) is 2.18. The molecule has 0 radical (unpaired) electrons. The van der Waals surface area contributed by atoms with Crippen LogP contribution >= 0.6 is 11.8 Å². The fourth-order valence-corrected chi connectivity index (χ4v) is 1.64. The van der Waals surface area contributed by atoms with Crippen molar-refractivity contribution in [3.63, 3.8) is 0 Å². The standard InChI is InChI=1S/C8H11N5S/c9-4-2-1-3-5-14-8-12-6-11-7(10)13-8/h6H,1-3,5H2,(H2,10,11,12,13). The fraction of sp³-hybridized carbons (Fsp3) is 0.500. The number of hydrogen-bond donors (Lipinski definition) is 1. The van der Waals surface area contributed by atoms with Gasteiger partial charge < -0.3 is 5.73 Å². The molecule has 1 aromatic rings. The van der Waals surface area contributed by atoms with E-state index in [4.69, 9.17) is 11.0 Å². The van der Waals surface area contributed by atoms with Crippen molar-refractivity contribution in [1.82, 2.24) is 15.0 Å². The van der Waals surface area contributed by atoms with Crippen molar-refractivity contribution in [3.05, 3.63) is 6.33 Å². The second-order valence-corrected chi connectivity index (χ2v) is 3.65. The van der Waals surface area contributed by atoms with Crippen LogP contribution in [-0.2, 0) is 0 Å². The van der Waals surface area contributed by atoms with E-state index < -0.39 is 0 Å². The Balaban J connectivity index is 2.22. The summed E-state index contributed by atoms with van der Waals surface area (Å²) in [4.78, 5) is 11.6. The van der Waals surface area contributed by atoms with Crippen LogP contribution in [0.25, 0.3) is 0 Å². The first-order valence-corrected chi connectivity index (χ1v) is 5.26. The zero-order chi connectivity index (χ0) is 10.2. The van der Waals surface area contributed by atoms with Crippen LogP contribution in [0, 0.1) is 11.3 Å². The molecule has 2 N–H and O–H groups in total. The fourth-order valence-electron chi connectivity index (χ4n) is 0.832. The highest BCUT2D eigenvalue weighted by molar-refractivity contribution is 7.99. The molecule has 14 heavy (non-hydrogen) atoms. The molecule has 1 aromatic heterocycles. The largest absolute Gasteiger partial charge is 0.368 e. The molecule has 0 aromatic carbocycles. The van der Waals surface area contributed by atoms with Crippen molar-refractivity contribution in [2.45, 2.75) is 24.4 Å². The predicted octanol–water partition coefficient (Wildman–Crippen LogP) is 1.24. The monoisotopic (exact) mass is 209 g/mol. The minimum Gasteiger partial charge on any atom is -0.368 e. The lowest BCUT2D eigenvalue weighted by atomic mass is 10.3. The number of rotatable bonds is 5. The highest BCUT2D eigenvalue weighted by Gasteiger charge is 1.98. The third-order valence-electron chi connectivity index (χ3n) is 1.48. The quantitative estimate of drug-likeness (QED) is 0.579. The summed E-state index contributed by atoms with van der Waals surface area (Å²) >= 11 is 1.53. The van der Waals surface area contributed by atoms with Gasteiger partial charge in [-0.2, -0.15) is 10.2 Å². The first-order chi connectivity index (χ1) is 6.83. The molecule has 0 bridgehead atoms. The number of nitrogens with two attached hydrogens (primary N) is 1. The minimum atomic E-state index is 0.250. The summed E-state index contributed by atoms with van der Waals surface area (Å²) in [5.41, 5.74) is 5.39. The Morgan fingerprint density at radius 2 is 2.29 bits per heavy atom. The molecule has 0 fully saturated rings. The molecule has 0 aliphatic carbocycles. The van der Waals surface area contributed by atoms with E-state index in [0.29, 0.717) is 11.6 Å². The third kappa shape index (κ3) is 4.05. The summed E-state index contributed by atoms with van der Waals surface area (Å²) in [5, 5.41) is 8.96. The van der Waals surface area contributed by atoms with E-state index in [1.165, 1.54) is 18.1 Å². The molecule has 0 spiro atoms. The maximum Gasteiger partial charge on any atom is 0.223 e. The lowest BCUT2D eigenvalue weighted by molar-refractivity contribution is 0.826. The Labute approximate surface area is 86.8 Å². The summed E-state index contributed by atoms with van der Waals surface area (Å²) in [6.07, 6.45) is 3.92. The van der Waals surface area contributed by atoms with E-state index in [0.717, 1.165) is 18.6 Å². The first kappa shape index (κ1) is 10.7. The molecule has 1 heterocycles. The summed E-state index contributed by atoms with van der Waals surface area (Å²) in [6, 6.07) is 2.10. The van der Waals surface area contributed by atoms with Crippen LogP contribution in [0.15, 0.2) is 11.5 Å². The van der Waals surface area contributed by atoms with Crippen LogP contribution < -0.4 is 5.73 Å². The number of nitriles is 1. The topological polar surface area (TPSA) is 88.5 Å². The van der Waals surface area contributed by atoms with E-state index in [-0.39, 0.29) is 5.95 Å². The Morgan fingerprint density at radius 3 is 3.00 bits per heavy atom. The minimum absolute atomic E-state index is 0.250. The normalized spacial score (nSPS) is 9.64. The molecule has 0 saturated heterocycles. The number of aromatic nitrogens is 3. The van der Waals surface area contributed by atoms with Crippen LogP contribution in [-0.4, -0.2) is 20.7 Å². The van der Waals surface area contributed by atoms with Crippen molar-refractivity contribution < 1.29 is 0 Å². The van der Waals surface area contributed by atoms with Crippen LogP contribution in [0.1, 0.15) is 19.3 Å². The van der Waals surface area contributed by atoms with Gasteiger partial charge in [-0.1, -0.05) is 11.8 Å². The maximum absolute atomic E-state index is 8.31. The lowest BCUT2D eigenvalue weighted by Gasteiger charge is -1.98. The van der Waals surface area contributed by atoms with Gasteiger partial charge in [0.25, 0.3) is 0 Å².